The zero-order valence-electron chi connectivity index (χ0n) is 10.7. The molecule has 0 radical (unpaired) electrons. The van der Waals surface area contributed by atoms with Gasteiger partial charge in [-0.05, 0) is 19.8 Å². The van der Waals surface area contributed by atoms with Crippen LogP contribution in [0.5, 0.6) is 0 Å². The Morgan fingerprint density at radius 1 is 1.38 bits per heavy atom. The van der Waals surface area contributed by atoms with E-state index in [4.69, 9.17) is 0 Å². The molecule has 0 bridgehead atoms. The van der Waals surface area contributed by atoms with Crippen LogP contribution in [0.1, 0.15) is 40.5 Å². The van der Waals surface area contributed by atoms with Crippen LogP contribution in [0.3, 0.4) is 0 Å². The number of amides is 2. The van der Waals surface area contributed by atoms with Crippen molar-refractivity contribution in [3.8, 4) is 0 Å². The van der Waals surface area contributed by atoms with Crippen LogP contribution < -0.4 is 5.32 Å². The van der Waals surface area contributed by atoms with Crippen LogP contribution in [0.15, 0.2) is 0 Å². The zero-order valence-corrected chi connectivity index (χ0v) is 10.7. The summed E-state index contributed by atoms with van der Waals surface area (Å²) in [7, 11) is 0. The van der Waals surface area contributed by atoms with Gasteiger partial charge in [0.25, 0.3) is 0 Å². The van der Waals surface area contributed by atoms with E-state index in [0.29, 0.717) is 13.1 Å². The van der Waals surface area contributed by atoms with Gasteiger partial charge in [-0.1, -0.05) is 20.8 Å². The van der Waals surface area contributed by atoms with Crippen LogP contribution in [-0.4, -0.2) is 35.8 Å². The fourth-order valence-corrected chi connectivity index (χ4v) is 2.01. The number of hydrogen-bond acceptors (Lipinski definition) is 2. The molecule has 0 aromatic carbocycles. The minimum absolute atomic E-state index is 0.0161. The molecule has 1 heterocycles. The number of nitrogens with one attached hydrogen (secondary N) is 1. The third-order valence-electron chi connectivity index (χ3n) is 2.81. The molecule has 1 atom stereocenters. The molecule has 4 heteroatoms. The average molecular weight is 226 g/mol. The summed E-state index contributed by atoms with van der Waals surface area (Å²) in [6.45, 7) is 8.89. The summed E-state index contributed by atoms with van der Waals surface area (Å²) >= 11 is 0. The SMILES string of the molecule is CCNC(=O)C1CCCN1C(=O)C(C)(C)C. The summed E-state index contributed by atoms with van der Waals surface area (Å²) in [5.41, 5.74) is -0.408. The fraction of sp³-hybridized carbons (Fsp3) is 0.833. The number of nitrogens with zero attached hydrogens (tertiary/aromatic N) is 1. The maximum Gasteiger partial charge on any atom is 0.242 e. The fourth-order valence-electron chi connectivity index (χ4n) is 2.01. The van der Waals surface area contributed by atoms with Crippen molar-refractivity contribution >= 4 is 11.8 Å². The highest BCUT2D eigenvalue weighted by Gasteiger charge is 2.38. The lowest BCUT2D eigenvalue weighted by Gasteiger charge is -2.30. The zero-order chi connectivity index (χ0) is 12.3. The van der Waals surface area contributed by atoms with Crippen molar-refractivity contribution in [2.75, 3.05) is 13.1 Å². The molecule has 1 fully saturated rings. The van der Waals surface area contributed by atoms with E-state index in [1.165, 1.54) is 0 Å². The summed E-state index contributed by atoms with van der Waals surface area (Å²) in [6, 6.07) is -0.258. The van der Waals surface area contributed by atoms with E-state index in [9.17, 15) is 9.59 Å². The van der Waals surface area contributed by atoms with Crippen molar-refractivity contribution in [3.05, 3.63) is 0 Å². The number of rotatable bonds is 2. The van der Waals surface area contributed by atoms with Gasteiger partial charge in [0, 0.05) is 18.5 Å². The van der Waals surface area contributed by atoms with Crippen molar-refractivity contribution in [1.29, 1.82) is 0 Å². The van der Waals surface area contributed by atoms with Crippen molar-refractivity contribution in [3.63, 3.8) is 0 Å². The molecule has 16 heavy (non-hydrogen) atoms. The summed E-state index contributed by atoms with van der Waals surface area (Å²) < 4.78 is 0. The number of likely N-dealkylation sites (N-methyl/N-ethyl adjacent to an activating group) is 1. The van der Waals surface area contributed by atoms with E-state index in [1.54, 1.807) is 4.90 Å². The van der Waals surface area contributed by atoms with E-state index in [2.05, 4.69) is 5.32 Å². The highest BCUT2D eigenvalue weighted by molar-refractivity contribution is 5.90. The lowest BCUT2D eigenvalue weighted by molar-refractivity contribution is -0.144. The first-order valence-electron chi connectivity index (χ1n) is 5.96. The van der Waals surface area contributed by atoms with Crippen molar-refractivity contribution in [2.24, 2.45) is 5.41 Å². The van der Waals surface area contributed by atoms with E-state index in [0.717, 1.165) is 12.8 Å². The van der Waals surface area contributed by atoms with Gasteiger partial charge < -0.3 is 10.2 Å². The summed E-state index contributed by atoms with van der Waals surface area (Å²) in [5, 5.41) is 2.79. The number of likely N-dealkylation sites (tertiary alicyclic amines) is 1. The Kier molecular flexibility index (Phi) is 3.94. The maximum absolute atomic E-state index is 12.1. The van der Waals surface area contributed by atoms with Gasteiger partial charge in [-0.2, -0.15) is 0 Å². The first-order chi connectivity index (χ1) is 7.38. The minimum atomic E-state index is -0.408. The molecular weight excluding hydrogens is 204 g/mol. The molecule has 92 valence electrons. The second-order valence-corrected chi connectivity index (χ2v) is 5.30. The van der Waals surface area contributed by atoms with Gasteiger partial charge >= 0.3 is 0 Å². The Morgan fingerprint density at radius 2 is 2.00 bits per heavy atom. The standard InChI is InChI=1S/C12H22N2O2/c1-5-13-10(15)9-7-6-8-14(9)11(16)12(2,3)4/h9H,5-8H2,1-4H3,(H,13,15). The van der Waals surface area contributed by atoms with Gasteiger partial charge in [0.1, 0.15) is 6.04 Å². The highest BCUT2D eigenvalue weighted by atomic mass is 16.2. The van der Waals surface area contributed by atoms with Crippen LogP contribution >= 0.6 is 0 Å². The normalized spacial score (nSPS) is 21.0. The van der Waals surface area contributed by atoms with Crippen LogP contribution in [0.2, 0.25) is 0 Å². The summed E-state index contributed by atoms with van der Waals surface area (Å²) in [6.07, 6.45) is 1.71. The predicted molar refractivity (Wildman–Crippen MR) is 62.9 cm³/mol. The van der Waals surface area contributed by atoms with E-state index in [1.807, 2.05) is 27.7 Å². The topological polar surface area (TPSA) is 49.4 Å². The second-order valence-electron chi connectivity index (χ2n) is 5.30. The van der Waals surface area contributed by atoms with Gasteiger partial charge in [0.15, 0.2) is 0 Å². The van der Waals surface area contributed by atoms with Gasteiger partial charge in [-0.15, -0.1) is 0 Å². The first kappa shape index (κ1) is 13.0. The summed E-state index contributed by atoms with van der Waals surface area (Å²) in [4.78, 5) is 25.6. The Labute approximate surface area is 97.4 Å². The summed E-state index contributed by atoms with van der Waals surface area (Å²) in [5.74, 6) is 0.0545. The molecule has 4 nitrogen and oxygen atoms in total. The molecule has 2 amide bonds. The Bertz CT molecular complexity index is 281. The lowest BCUT2D eigenvalue weighted by atomic mass is 9.94. The van der Waals surface area contributed by atoms with Crippen LogP contribution in [0.4, 0.5) is 0 Å². The third-order valence-corrected chi connectivity index (χ3v) is 2.81. The Morgan fingerprint density at radius 3 is 2.50 bits per heavy atom. The van der Waals surface area contributed by atoms with Gasteiger partial charge in [0.2, 0.25) is 11.8 Å². The molecule has 1 aliphatic rings. The number of carbonyl (C=O) groups excluding carboxylic acids is 2. The molecule has 1 rings (SSSR count). The molecule has 1 saturated heterocycles. The smallest absolute Gasteiger partial charge is 0.242 e. The molecule has 1 unspecified atom stereocenters. The second kappa shape index (κ2) is 4.85. The first-order valence-corrected chi connectivity index (χ1v) is 5.96. The van der Waals surface area contributed by atoms with Gasteiger partial charge in [-0.3, -0.25) is 9.59 Å². The number of hydrogen-bond donors (Lipinski definition) is 1. The molecule has 0 aliphatic carbocycles. The molecule has 1 aliphatic heterocycles. The monoisotopic (exact) mass is 226 g/mol. The number of carbonyl (C=O) groups is 2. The predicted octanol–water partition coefficient (Wildman–Crippen LogP) is 1.16. The van der Waals surface area contributed by atoms with Crippen LogP contribution in [0, 0.1) is 5.41 Å². The minimum Gasteiger partial charge on any atom is -0.355 e. The van der Waals surface area contributed by atoms with Crippen LogP contribution in [-0.2, 0) is 9.59 Å². The molecule has 0 aromatic heterocycles. The molecule has 0 spiro atoms. The van der Waals surface area contributed by atoms with Crippen molar-refractivity contribution < 1.29 is 9.59 Å². The Hall–Kier alpha value is -1.06. The molecule has 0 aromatic rings. The Balaban J connectivity index is 2.73. The van der Waals surface area contributed by atoms with Crippen molar-refractivity contribution in [1.82, 2.24) is 10.2 Å². The van der Waals surface area contributed by atoms with E-state index >= 15 is 0 Å². The molecule has 1 N–H and O–H groups in total. The largest absolute Gasteiger partial charge is 0.355 e. The van der Waals surface area contributed by atoms with Gasteiger partial charge in [-0.25, -0.2) is 0 Å². The molecular formula is C12H22N2O2. The van der Waals surface area contributed by atoms with E-state index in [-0.39, 0.29) is 17.9 Å². The third kappa shape index (κ3) is 2.74. The average Bonchev–Trinajstić information content (AvgIpc) is 2.63. The van der Waals surface area contributed by atoms with Crippen LogP contribution in [0.25, 0.3) is 0 Å². The van der Waals surface area contributed by atoms with E-state index < -0.39 is 5.41 Å². The lowest BCUT2D eigenvalue weighted by Crippen LogP contribution is -2.49. The molecule has 0 saturated carbocycles. The van der Waals surface area contributed by atoms with Gasteiger partial charge in [0.05, 0.1) is 0 Å². The van der Waals surface area contributed by atoms with Crippen molar-refractivity contribution in [2.45, 2.75) is 46.6 Å². The maximum atomic E-state index is 12.1. The quantitative estimate of drug-likeness (QED) is 0.768. The highest BCUT2D eigenvalue weighted by Crippen LogP contribution is 2.25.